The van der Waals surface area contributed by atoms with Gasteiger partial charge in [-0.1, -0.05) is 56.1 Å². The van der Waals surface area contributed by atoms with Crippen molar-refractivity contribution in [2.75, 3.05) is 13.2 Å². The first-order valence-corrected chi connectivity index (χ1v) is 8.22. The van der Waals surface area contributed by atoms with Crippen LogP contribution in [0.25, 0.3) is 0 Å². The standard InChI is InChI=1S/C16H14Br2O2/c17-12-6-4-11(5-7-12)10-14(18)13-2-1-3-15-16(13)20-9-8-19-15/h1-7,14H,8-10H2. The fourth-order valence-electron chi connectivity index (χ4n) is 2.28. The summed E-state index contributed by atoms with van der Waals surface area (Å²) in [6.07, 6.45) is 0.910. The molecular formula is C16H14Br2O2. The van der Waals surface area contributed by atoms with Crippen LogP contribution in [0, 0.1) is 0 Å². The third kappa shape index (κ3) is 3.01. The van der Waals surface area contributed by atoms with Gasteiger partial charge < -0.3 is 9.47 Å². The molecule has 0 amide bonds. The van der Waals surface area contributed by atoms with E-state index in [9.17, 15) is 0 Å². The second kappa shape index (κ2) is 6.19. The number of hydrogen-bond acceptors (Lipinski definition) is 2. The topological polar surface area (TPSA) is 18.5 Å². The minimum Gasteiger partial charge on any atom is -0.486 e. The molecule has 1 unspecified atom stereocenters. The molecule has 4 heteroatoms. The maximum atomic E-state index is 5.77. The molecule has 0 saturated heterocycles. The fraction of sp³-hybridized carbons (Fsp3) is 0.250. The van der Waals surface area contributed by atoms with Gasteiger partial charge in [-0.25, -0.2) is 0 Å². The van der Waals surface area contributed by atoms with Gasteiger partial charge in [0.15, 0.2) is 11.5 Å². The van der Waals surface area contributed by atoms with Crippen LogP contribution in [0.15, 0.2) is 46.9 Å². The van der Waals surface area contributed by atoms with E-state index in [1.54, 1.807) is 0 Å². The second-order valence-corrected chi connectivity index (χ2v) is 6.69. The van der Waals surface area contributed by atoms with Crippen LogP contribution in [0.1, 0.15) is 16.0 Å². The number of para-hydroxylation sites is 1. The van der Waals surface area contributed by atoms with Gasteiger partial charge in [-0.2, -0.15) is 0 Å². The van der Waals surface area contributed by atoms with E-state index < -0.39 is 0 Å². The molecule has 0 aliphatic carbocycles. The van der Waals surface area contributed by atoms with Gasteiger partial charge >= 0.3 is 0 Å². The summed E-state index contributed by atoms with van der Waals surface area (Å²) >= 11 is 7.23. The van der Waals surface area contributed by atoms with Crippen molar-refractivity contribution in [3.63, 3.8) is 0 Å². The SMILES string of the molecule is Brc1ccc(CC(Br)c2cccc3c2OCCO3)cc1. The molecule has 0 radical (unpaired) electrons. The minimum absolute atomic E-state index is 0.209. The highest BCUT2D eigenvalue weighted by Gasteiger charge is 2.20. The van der Waals surface area contributed by atoms with Crippen LogP contribution in [0.2, 0.25) is 0 Å². The summed E-state index contributed by atoms with van der Waals surface area (Å²) in [5.41, 5.74) is 2.43. The van der Waals surface area contributed by atoms with Gasteiger partial charge in [0.1, 0.15) is 13.2 Å². The fourth-order valence-corrected chi connectivity index (χ4v) is 3.28. The Kier molecular flexibility index (Phi) is 4.32. The number of halogens is 2. The number of benzene rings is 2. The van der Waals surface area contributed by atoms with Gasteiger partial charge in [-0.3, -0.25) is 0 Å². The first-order chi connectivity index (χ1) is 9.74. The first-order valence-electron chi connectivity index (χ1n) is 6.51. The molecule has 0 bridgehead atoms. The van der Waals surface area contributed by atoms with Crippen LogP contribution in [-0.4, -0.2) is 13.2 Å². The minimum atomic E-state index is 0.209. The zero-order valence-electron chi connectivity index (χ0n) is 10.8. The molecule has 104 valence electrons. The lowest BCUT2D eigenvalue weighted by Gasteiger charge is -2.23. The second-order valence-electron chi connectivity index (χ2n) is 4.67. The maximum absolute atomic E-state index is 5.77. The third-order valence-electron chi connectivity index (χ3n) is 3.26. The third-order valence-corrected chi connectivity index (χ3v) is 4.61. The molecule has 3 rings (SSSR count). The van der Waals surface area contributed by atoms with Crippen LogP contribution in [0.3, 0.4) is 0 Å². The molecule has 0 N–H and O–H groups in total. The smallest absolute Gasteiger partial charge is 0.165 e. The van der Waals surface area contributed by atoms with E-state index in [2.05, 4.69) is 62.2 Å². The number of hydrogen-bond donors (Lipinski definition) is 0. The molecule has 0 saturated carbocycles. The Bertz CT molecular complexity index is 596. The van der Waals surface area contributed by atoms with Crippen molar-refractivity contribution >= 4 is 31.9 Å². The Morgan fingerprint density at radius 3 is 2.55 bits per heavy atom. The van der Waals surface area contributed by atoms with Crippen molar-refractivity contribution in [1.82, 2.24) is 0 Å². The van der Waals surface area contributed by atoms with Gasteiger partial charge in [-0.05, 0) is 30.2 Å². The van der Waals surface area contributed by atoms with Gasteiger partial charge in [0.05, 0.1) is 0 Å². The molecular weight excluding hydrogens is 384 g/mol. The number of alkyl halides is 1. The number of ether oxygens (including phenoxy) is 2. The first kappa shape index (κ1) is 14.0. The highest BCUT2D eigenvalue weighted by molar-refractivity contribution is 9.10. The van der Waals surface area contributed by atoms with Crippen molar-refractivity contribution in [2.45, 2.75) is 11.2 Å². The summed E-state index contributed by atoms with van der Waals surface area (Å²) in [7, 11) is 0. The van der Waals surface area contributed by atoms with Crippen LogP contribution in [0.5, 0.6) is 11.5 Å². The van der Waals surface area contributed by atoms with Crippen molar-refractivity contribution in [3.05, 3.63) is 58.1 Å². The number of fused-ring (bicyclic) bond motifs is 1. The largest absolute Gasteiger partial charge is 0.486 e. The lowest BCUT2D eigenvalue weighted by molar-refractivity contribution is 0.170. The van der Waals surface area contributed by atoms with Crippen LogP contribution < -0.4 is 9.47 Å². The Balaban J connectivity index is 1.83. The van der Waals surface area contributed by atoms with E-state index >= 15 is 0 Å². The monoisotopic (exact) mass is 396 g/mol. The summed E-state index contributed by atoms with van der Waals surface area (Å²) < 4.78 is 12.5. The van der Waals surface area contributed by atoms with E-state index in [1.165, 1.54) is 5.56 Å². The molecule has 1 atom stereocenters. The van der Waals surface area contributed by atoms with Gasteiger partial charge in [0, 0.05) is 14.9 Å². The molecule has 2 aromatic carbocycles. The van der Waals surface area contributed by atoms with E-state index in [0.717, 1.165) is 28.0 Å². The van der Waals surface area contributed by atoms with Gasteiger partial charge in [0.2, 0.25) is 0 Å². The van der Waals surface area contributed by atoms with Crippen molar-refractivity contribution in [3.8, 4) is 11.5 Å². The Labute approximate surface area is 135 Å². The lowest BCUT2D eigenvalue weighted by Crippen LogP contribution is -2.17. The molecule has 0 spiro atoms. The summed E-state index contributed by atoms with van der Waals surface area (Å²) in [5, 5.41) is 0. The predicted octanol–water partition coefficient (Wildman–Crippen LogP) is 4.90. The zero-order chi connectivity index (χ0) is 13.9. The molecule has 20 heavy (non-hydrogen) atoms. The normalized spacial score (nSPS) is 14.9. The summed E-state index contributed by atoms with van der Waals surface area (Å²) in [6, 6.07) is 14.4. The average molecular weight is 398 g/mol. The summed E-state index contributed by atoms with van der Waals surface area (Å²) in [4.78, 5) is 0.209. The van der Waals surface area contributed by atoms with Gasteiger partial charge in [-0.15, -0.1) is 0 Å². The Hall–Kier alpha value is -1.00. The molecule has 2 aromatic rings. The molecule has 2 nitrogen and oxygen atoms in total. The highest BCUT2D eigenvalue weighted by atomic mass is 79.9. The molecule has 1 aliphatic rings. The van der Waals surface area contributed by atoms with Gasteiger partial charge in [0.25, 0.3) is 0 Å². The predicted molar refractivity (Wildman–Crippen MR) is 86.9 cm³/mol. The Morgan fingerprint density at radius 1 is 1.00 bits per heavy atom. The van der Waals surface area contributed by atoms with Crippen molar-refractivity contribution < 1.29 is 9.47 Å². The van der Waals surface area contributed by atoms with Crippen LogP contribution >= 0.6 is 31.9 Å². The van der Waals surface area contributed by atoms with Crippen LogP contribution in [-0.2, 0) is 6.42 Å². The molecule has 1 heterocycles. The Morgan fingerprint density at radius 2 is 1.75 bits per heavy atom. The summed E-state index contributed by atoms with van der Waals surface area (Å²) in [6.45, 7) is 1.23. The van der Waals surface area contributed by atoms with Crippen molar-refractivity contribution in [1.29, 1.82) is 0 Å². The quantitative estimate of drug-likeness (QED) is 0.685. The van der Waals surface area contributed by atoms with E-state index in [1.807, 2.05) is 12.1 Å². The molecule has 1 aliphatic heterocycles. The van der Waals surface area contributed by atoms with Crippen LogP contribution in [0.4, 0.5) is 0 Å². The van der Waals surface area contributed by atoms with E-state index in [-0.39, 0.29) is 4.83 Å². The summed E-state index contributed by atoms with van der Waals surface area (Å²) in [5.74, 6) is 1.71. The highest BCUT2D eigenvalue weighted by Crippen LogP contribution is 2.41. The molecule has 0 aromatic heterocycles. The lowest BCUT2D eigenvalue weighted by atomic mass is 10.0. The van der Waals surface area contributed by atoms with E-state index in [0.29, 0.717) is 13.2 Å². The molecule has 0 fully saturated rings. The average Bonchev–Trinajstić information content (AvgIpc) is 2.49. The number of rotatable bonds is 3. The zero-order valence-corrected chi connectivity index (χ0v) is 14.0. The van der Waals surface area contributed by atoms with Crippen molar-refractivity contribution in [2.24, 2.45) is 0 Å². The van der Waals surface area contributed by atoms with E-state index in [4.69, 9.17) is 9.47 Å². The maximum Gasteiger partial charge on any atom is 0.165 e.